The van der Waals surface area contributed by atoms with Gasteiger partial charge in [-0.25, -0.2) is 0 Å². The minimum Gasteiger partial charge on any atom is -0.326 e. The highest BCUT2D eigenvalue weighted by Gasteiger charge is 2.32. The first kappa shape index (κ1) is 16.5. The zero-order valence-corrected chi connectivity index (χ0v) is 11.4. The zero-order chi connectivity index (χ0) is 15.3. The Bertz CT molecular complexity index is 462. The Morgan fingerprint density at radius 2 is 2.00 bits per heavy atom. The fourth-order valence-corrected chi connectivity index (χ4v) is 1.68. The first-order valence-electron chi connectivity index (χ1n) is 6.10. The largest absolute Gasteiger partial charge is 0.401 e. The van der Waals surface area contributed by atoms with Crippen LogP contribution in [0.4, 0.5) is 18.9 Å². The van der Waals surface area contributed by atoms with Gasteiger partial charge in [-0.2, -0.15) is 13.2 Å². The topological polar surface area (TPSA) is 58.4 Å². The molecule has 0 bridgehead atoms. The second kappa shape index (κ2) is 6.71. The number of hydrogen-bond acceptors (Lipinski definition) is 3. The molecule has 1 unspecified atom stereocenters. The van der Waals surface area contributed by atoms with Crippen molar-refractivity contribution in [2.75, 3.05) is 18.9 Å². The van der Waals surface area contributed by atoms with Crippen molar-refractivity contribution in [3.05, 3.63) is 29.8 Å². The van der Waals surface area contributed by atoms with Crippen LogP contribution < -0.4 is 11.1 Å². The van der Waals surface area contributed by atoms with Crippen molar-refractivity contribution in [3.8, 4) is 0 Å². The minimum atomic E-state index is -4.33. The lowest BCUT2D eigenvalue weighted by Crippen LogP contribution is -2.44. The van der Waals surface area contributed by atoms with E-state index in [0.717, 1.165) is 10.5 Å². The van der Waals surface area contributed by atoms with E-state index in [1.807, 2.05) is 0 Å². The summed E-state index contributed by atoms with van der Waals surface area (Å²) in [6.45, 7) is 0.523. The summed E-state index contributed by atoms with van der Waals surface area (Å²) in [4.78, 5) is 12.9. The normalized spacial score (nSPS) is 13.3. The lowest BCUT2D eigenvalue weighted by Gasteiger charge is -2.25. The Kier molecular flexibility index (Phi) is 5.52. The molecule has 0 aliphatic carbocycles. The maximum atomic E-state index is 12.3. The molecule has 1 amide bonds. The van der Waals surface area contributed by atoms with E-state index >= 15 is 0 Å². The highest BCUT2D eigenvalue weighted by molar-refractivity contribution is 5.95. The van der Waals surface area contributed by atoms with Crippen molar-refractivity contribution >= 4 is 11.6 Å². The third-order valence-corrected chi connectivity index (χ3v) is 2.96. The third-order valence-electron chi connectivity index (χ3n) is 2.96. The molecule has 3 N–H and O–H groups in total. The van der Waals surface area contributed by atoms with Crippen LogP contribution in [-0.2, 0) is 11.3 Å². The van der Waals surface area contributed by atoms with Crippen LogP contribution in [0.5, 0.6) is 0 Å². The number of hydrogen-bond donors (Lipinski definition) is 2. The molecule has 0 saturated heterocycles. The van der Waals surface area contributed by atoms with Crippen LogP contribution in [0.2, 0.25) is 0 Å². The van der Waals surface area contributed by atoms with Crippen molar-refractivity contribution < 1.29 is 18.0 Å². The van der Waals surface area contributed by atoms with Gasteiger partial charge >= 0.3 is 6.18 Å². The molecule has 0 fully saturated rings. The number of nitrogens with two attached hydrogens (primary N) is 1. The smallest absolute Gasteiger partial charge is 0.326 e. The van der Waals surface area contributed by atoms with Gasteiger partial charge < -0.3 is 11.1 Å². The number of alkyl halides is 3. The maximum absolute atomic E-state index is 12.3. The summed E-state index contributed by atoms with van der Waals surface area (Å²) in [6.07, 6.45) is -4.33. The van der Waals surface area contributed by atoms with Gasteiger partial charge in [0.25, 0.3) is 0 Å². The van der Waals surface area contributed by atoms with Crippen molar-refractivity contribution in [2.24, 2.45) is 5.73 Å². The highest BCUT2D eigenvalue weighted by Crippen LogP contribution is 2.18. The number of para-hydroxylation sites is 1. The van der Waals surface area contributed by atoms with E-state index in [1.165, 1.54) is 14.0 Å². The van der Waals surface area contributed by atoms with Gasteiger partial charge in [0.1, 0.15) is 0 Å². The standard InChI is InChI=1S/C13H18F3N3O/c1-9(19(2)8-13(14,15)16)12(20)18-11-6-4-3-5-10(11)7-17/h3-6,9H,7-8,17H2,1-2H3,(H,18,20). The number of likely N-dealkylation sites (N-methyl/N-ethyl adjacent to an activating group) is 1. The quantitative estimate of drug-likeness (QED) is 0.871. The van der Waals surface area contributed by atoms with E-state index in [-0.39, 0.29) is 6.54 Å². The lowest BCUT2D eigenvalue weighted by molar-refractivity contribution is -0.149. The van der Waals surface area contributed by atoms with E-state index < -0.39 is 24.7 Å². The summed E-state index contributed by atoms with van der Waals surface area (Å²) in [7, 11) is 1.26. The molecule has 1 rings (SSSR count). The fraction of sp³-hybridized carbons (Fsp3) is 0.462. The molecule has 0 aromatic heterocycles. The lowest BCUT2D eigenvalue weighted by atomic mass is 10.1. The van der Waals surface area contributed by atoms with Crippen LogP contribution in [0.1, 0.15) is 12.5 Å². The molecule has 4 nitrogen and oxygen atoms in total. The van der Waals surface area contributed by atoms with Crippen LogP contribution in [0.15, 0.2) is 24.3 Å². The van der Waals surface area contributed by atoms with Gasteiger partial charge in [-0.1, -0.05) is 18.2 Å². The molecule has 0 aliphatic rings. The Hall–Kier alpha value is -1.60. The van der Waals surface area contributed by atoms with Gasteiger partial charge in [-0.05, 0) is 25.6 Å². The average molecular weight is 289 g/mol. The number of amides is 1. The fourth-order valence-electron chi connectivity index (χ4n) is 1.68. The summed E-state index contributed by atoms with van der Waals surface area (Å²) < 4.78 is 36.9. The molecule has 1 aromatic rings. The number of carbonyl (C=O) groups is 1. The molecule has 0 aliphatic heterocycles. The Labute approximate surface area is 115 Å². The van der Waals surface area contributed by atoms with Crippen LogP contribution in [0.25, 0.3) is 0 Å². The number of carbonyl (C=O) groups excluding carboxylic acids is 1. The summed E-state index contributed by atoms with van der Waals surface area (Å²) >= 11 is 0. The Balaban J connectivity index is 2.70. The molecule has 0 saturated carbocycles. The first-order valence-corrected chi connectivity index (χ1v) is 6.10. The van der Waals surface area contributed by atoms with E-state index in [1.54, 1.807) is 24.3 Å². The molecule has 0 spiro atoms. The molecular formula is C13H18F3N3O. The minimum absolute atomic E-state index is 0.239. The summed E-state index contributed by atoms with van der Waals surface area (Å²) in [5.41, 5.74) is 6.78. The monoisotopic (exact) mass is 289 g/mol. The highest BCUT2D eigenvalue weighted by atomic mass is 19.4. The van der Waals surface area contributed by atoms with Crippen LogP contribution in [0, 0.1) is 0 Å². The van der Waals surface area contributed by atoms with Crippen LogP contribution >= 0.6 is 0 Å². The van der Waals surface area contributed by atoms with Crippen LogP contribution in [-0.4, -0.2) is 36.6 Å². The Morgan fingerprint density at radius 3 is 2.55 bits per heavy atom. The molecule has 1 atom stereocenters. The first-order chi connectivity index (χ1) is 9.24. The number of rotatable bonds is 5. The van der Waals surface area contributed by atoms with Crippen LogP contribution in [0.3, 0.4) is 0 Å². The van der Waals surface area contributed by atoms with Crippen molar-refractivity contribution in [1.29, 1.82) is 0 Å². The van der Waals surface area contributed by atoms with E-state index in [0.29, 0.717) is 5.69 Å². The van der Waals surface area contributed by atoms with Gasteiger partial charge in [0.2, 0.25) is 5.91 Å². The second-order valence-corrected chi connectivity index (χ2v) is 4.56. The van der Waals surface area contributed by atoms with Gasteiger partial charge in [0.15, 0.2) is 0 Å². The van der Waals surface area contributed by atoms with Crippen molar-refractivity contribution in [1.82, 2.24) is 4.90 Å². The summed E-state index contributed by atoms with van der Waals surface area (Å²) in [6, 6.07) is 6.01. The predicted molar refractivity (Wildman–Crippen MR) is 71.1 cm³/mol. The number of halogens is 3. The van der Waals surface area contributed by atoms with Crippen molar-refractivity contribution in [3.63, 3.8) is 0 Å². The van der Waals surface area contributed by atoms with E-state index in [4.69, 9.17) is 5.73 Å². The molecule has 0 radical (unpaired) electrons. The SMILES string of the molecule is CC(C(=O)Nc1ccccc1CN)N(C)CC(F)(F)F. The van der Waals surface area contributed by atoms with E-state index in [9.17, 15) is 18.0 Å². The molecule has 20 heavy (non-hydrogen) atoms. The zero-order valence-electron chi connectivity index (χ0n) is 11.4. The molecule has 7 heteroatoms. The van der Waals surface area contributed by atoms with Gasteiger partial charge in [-0.15, -0.1) is 0 Å². The number of anilines is 1. The predicted octanol–water partition coefficient (Wildman–Crippen LogP) is 1.97. The van der Waals surface area contributed by atoms with Gasteiger partial charge in [0, 0.05) is 12.2 Å². The third kappa shape index (κ3) is 4.82. The van der Waals surface area contributed by atoms with E-state index in [2.05, 4.69) is 5.32 Å². The number of benzene rings is 1. The molecule has 0 heterocycles. The molecule has 1 aromatic carbocycles. The summed E-state index contributed by atoms with van der Waals surface area (Å²) in [5, 5.41) is 2.60. The average Bonchev–Trinajstić information content (AvgIpc) is 2.36. The van der Waals surface area contributed by atoms with Crippen molar-refractivity contribution in [2.45, 2.75) is 25.7 Å². The number of nitrogens with zero attached hydrogens (tertiary/aromatic N) is 1. The molecular weight excluding hydrogens is 271 g/mol. The molecule has 112 valence electrons. The van der Waals surface area contributed by atoms with Gasteiger partial charge in [0.05, 0.1) is 12.6 Å². The second-order valence-electron chi connectivity index (χ2n) is 4.56. The van der Waals surface area contributed by atoms with Gasteiger partial charge in [-0.3, -0.25) is 9.69 Å². The summed E-state index contributed by atoms with van der Waals surface area (Å²) in [5.74, 6) is -0.502. The number of nitrogens with one attached hydrogen (secondary N) is 1. The Morgan fingerprint density at radius 1 is 1.40 bits per heavy atom. The maximum Gasteiger partial charge on any atom is 0.401 e.